The molecule has 0 aliphatic heterocycles. The summed E-state index contributed by atoms with van der Waals surface area (Å²) in [6.45, 7) is 6.56. The molecule has 1 unspecified atom stereocenters. The molecular formula is C10H16GeP. The van der Waals surface area contributed by atoms with Crippen molar-refractivity contribution in [3.8, 4) is 0 Å². The summed E-state index contributed by atoms with van der Waals surface area (Å²) < 4.78 is 0.500. The summed E-state index contributed by atoms with van der Waals surface area (Å²) >= 11 is 2.19. The fourth-order valence-electron chi connectivity index (χ4n) is 0.453. The first-order valence-electron chi connectivity index (χ1n) is 3.95. The Morgan fingerprint density at radius 3 is 1.58 bits per heavy atom. The van der Waals surface area contributed by atoms with E-state index in [2.05, 4.69) is 46.5 Å². The molecule has 0 bridgehead atoms. The number of hydrogen-bond acceptors (Lipinski definition) is 0. The number of benzene rings is 1. The van der Waals surface area contributed by atoms with Crippen LogP contribution in [0.5, 0.6) is 0 Å². The van der Waals surface area contributed by atoms with E-state index in [1.807, 2.05) is 30.3 Å². The summed E-state index contributed by atoms with van der Waals surface area (Å²) in [5, 5.41) is 1.24. The van der Waals surface area contributed by atoms with Crippen molar-refractivity contribution in [2.45, 2.75) is 25.0 Å². The third kappa shape index (κ3) is 12.8. The van der Waals surface area contributed by atoms with E-state index in [-0.39, 0.29) is 0 Å². The van der Waals surface area contributed by atoms with Gasteiger partial charge in [-0.25, -0.2) is 0 Å². The minimum atomic E-state index is 0.500. The van der Waals surface area contributed by atoms with Crippen LogP contribution in [0.3, 0.4) is 0 Å². The van der Waals surface area contributed by atoms with Gasteiger partial charge in [-0.2, -0.15) is 0 Å². The Hall–Kier alpha value is 0.193. The van der Waals surface area contributed by atoms with E-state index >= 15 is 0 Å². The van der Waals surface area contributed by atoms with Gasteiger partial charge in [-0.1, -0.05) is 30.3 Å². The average Bonchev–Trinajstić information content (AvgIpc) is 1.85. The van der Waals surface area contributed by atoms with Crippen LogP contribution in [-0.2, 0) is 0 Å². The molecule has 0 heterocycles. The molecule has 65 valence electrons. The van der Waals surface area contributed by atoms with E-state index in [4.69, 9.17) is 0 Å². The Morgan fingerprint density at radius 2 is 1.42 bits per heavy atom. The molecule has 0 spiro atoms. The van der Waals surface area contributed by atoms with Crippen LogP contribution in [0.1, 0.15) is 20.8 Å². The molecule has 0 saturated heterocycles. The molecule has 3 radical (unpaired) electrons. The predicted molar refractivity (Wildman–Crippen MR) is 61.3 cm³/mol. The van der Waals surface area contributed by atoms with Crippen molar-refractivity contribution < 1.29 is 0 Å². The summed E-state index contributed by atoms with van der Waals surface area (Å²) in [6.07, 6.45) is 0. The summed E-state index contributed by atoms with van der Waals surface area (Å²) in [5.41, 5.74) is 0. The van der Waals surface area contributed by atoms with Gasteiger partial charge in [0.2, 0.25) is 0 Å². The Balaban J connectivity index is 0.000000217. The van der Waals surface area contributed by atoms with E-state index in [1.165, 1.54) is 5.30 Å². The maximum absolute atomic E-state index is 2.63. The summed E-state index contributed by atoms with van der Waals surface area (Å²) in [6, 6.07) is 10.1. The van der Waals surface area contributed by atoms with Gasteiger partial charge in [0.15, 0.2) is 0 Å². The van der Waals surface area contributed by atoms with Crippen LogP contribution in [-0.4, -0.2) is 16.5 Å². The van der Waals surface area contributed by atoms with Gasteiger partial charge >= 0.3 is 41.5 Å². The van der Waals surface area contributed by atoms with E-state index in [0.717, 1.165) is 0 Å². The third-order valence-electron chi connectivity index (χ3n) is 0.800. The Morgan fingerprint density at radius 1 is 1.08 bits per heavy atom. The van der Waals surface area contributed by atoms with Crippen molar-refractivity contribution >= 4 is 31.1 Å². The first-order valence-corrected chi connectivity index (χ1v) is 5.58. The van der Waals surface area contributed by atoms with Gasteiger partial charge in [0.25, 0.3) is 0 Å². The maximum atomic E-state index is 2.63. The average molecular weight is 240 g/mol. The largest absolute Gasteiger partial charge is 0.106 e. The molecule has 0 aliphatic carbocycles. The molecule has 0 fully saturated rings. The van der Waals surface area contributed by atoms with Crippen molar-refractivity contribution in [3.63, 3.8) is 0 Å². The SMILES string of the molecule is C[C](C)(C)[Ge].Pc1ccccc1. The van der Waals surface area contributed by atoms with Crippen LogP contribution in [0.25, 0.3) is 0 Å². The summed E-state index contributed by atoms with van der Waals surface area (Å²) in [7, 11) is 2.63. The minimum absolute atomic E-state index is 0.500. The molecule has 1 atom stereocenters. The zero-order chi connectivity index (χ0) is 9.61. The molecule has 0 nitrogen and oxygen atoms in total. The molecule has 0 saturated carbocycles. The molecule has 1 aromatic carbocycles. The fraction of sp³-hybridized carbons (Fsp3) is 0.400. The molecule has 2 heteroatoms. The Kier molecular flexibility index (Phi) is 5.87. The second kappa shape index (κ2) is 5.77. The smallest absolute Gasteiger partial charge is 0.0303 e. The van der Waals surface area contributed by atoms with Gasteiger partial charge in [-0.05, 0) is 5.30 Å². The van der Waals surface area contributed by atoms with E-state index in [1.54, 1.807) is 0 Å². The van der Waals surface area contributed by atoms with Gasteiger partial charge in [0.05, 0.1) is 0 Å². The van der Waals surface area contributed by atoms with Gasteiger partial charge < -0.3 is 0 Å². The first-order chi connectivity index (χ1) is 5.39. The standard InChI is InChI=1S/C6H7P.C4H9Ge/c7-6-4-2-1-3-5-6;1-4(2,3)5/h1-5H,7H2;1-3H3. The molecular weight excluding hydrogens is 224 g/mol. The van der Waals surface area contributed by atoms with Gasteiger partial charge in [-0.15, -0.1) is 9.24 Å². The second-order valence-electron chi connectivity index (χ2n) is 3.66. The van der Waals surface area contributed by atoms with Crippen molar-refractivity contribution in [3.05, 3.63) is 30.3 Å². The molecule has 1 aromatic rings. The third-order valence-corrected chi connectivity index (χ3v) is 1.18. The van der Waals surface area contributed by atoms with E-state index < -0.39 is 0 Å². The molecule has 12 heavy (non-hydrogen) atoms. The predicted octanol–water partition coefficient (Wildman–Crippen LogP) is 2.56. The van der Waals surface area contributed by atoms with Crippen LogP contribution < -0.4 is 5.30 Å². The van der Waals surface area contributed by atoms with Gasteiger partial charge in [-0.3, -0.25) is 0 Å². The minimum Gasteiger partial charge on any atom is -0.106 e. The van der Waals surface area contributed by atoms with Crippen LogP contribution in [0.2, 0.25) is 4.25 Å². The molecule has 0 N–H and O–H groups in total. The first kappa shape index (κ1) is 12.2. The van der Waals surface area contributed by atoms with Crippen molar-refractivity contribution in [2.75, 3.05) is 0 Å². The monoisotopic (exact) mass is 241 g/mol. The fourth-order valence-corrected chi connectivity index (χ4v) is 0.675. The molecule has 0 amide bonds. The van der Waals surface area contributed by atoms with Gasteiger partial charge in [0.1, 0.15) is 0 Å². The number of rotatable bonds is 0. The molecule has 1 rings (SSSR count). The normalized spacial score (nSPS) is 10.1. The van der Waals surface area contributed by atoms with Crippen LogP contribution in [0.4, 0.5) is 0 Å². The summed E-state index contributed by atoms with van der Waals surface area (Å²) in [4.78, 5) is 0. The van der Waals surface area contributed by atoms with Gasteiger partial charge in [0, 0.05) is 0 Å². The zero-order valence-corrected chi connectivity index (χ0v) is 11.2. The number of hydrogen-bond donors (Lipinski definition) is 0. The topological polar surface area (TPSA) is 0 Å². The van der Waals surface area contributed by atoms with Crippen LogP contribution >= 0.6 is 9.24 Å². The van der Waals surface area contributed by atoms with Crippen molar-refractivity contribution in [1.82, 2.24) is 0 Å². The summed E-state index contributed by atoms with van der Waals surface area (Å²) in [5.74, 6) is 0. The Labute approximate surface area is 86.6 Å². The second-order valence-corrected chi connectivity index (χ2v) is 7.47. The van der Waals surface area contributed by atoms with Crippen LogP contribution in [0.15, 0.2) is 30.3 Å². The zero-order valence-electron chi connectivity index (χ0n) is 7.96. The molecule has 0 aromatic heterocycles. The van der Waals surface area contributed by atoms with E-state index in [0.29, 0.717) is 4.25 Å². The van der Waals surface area contributed by atoms with E-state index in [9.17, 15) is 0 Å². The van der Waals surface area contributed by atoms with Crippen molar-refractivity contribution in [2.24, 2.45) is 0 Å². The quantitative estimate of drug-likeness (QED) is 0.482. The molecule has 0 aliphatic rings. The Bertz CT molecular complexity index is 195. The van der Waals surface area contributed by atoms with Crippen LogP contribution in [0, 0.1) is 0 Å². The maximum Gasteiger partial charge on any atom is -0.0303 e. The van der Waals surface area contributed by atoms with Crippen molar-refractivity contribution in [1.29, 1.82) is 0 Å².